The van der Waals surface area contributed by atoms with Crippen LogP contribution in [0.4, 0.5) is 0 Å². The zero-order valence-electron chi connectivity index (χ0n) is 7.85. The van der Waals surface area contributed by atoms with E-state index < -0.39 is 0 Å². The Hall–Kier alpha value is -0.560. The molecule has 0 aliphatic carbocycles. The smallest absolute Gasteiger partial charge is 0.00399 e. The van der Waals surface area contributed by atoms with Gasteiger partial charge in [-0.2, -0.15) is 0 Å². The molecule has 11 heavy (non-hydrogen) atoms. The highest BCUT2D eigenvalue weighted by atomic mass is 14.5. The van der Waals surface area contributed by atoms with Crippen LogP contribution in [0.3, 0.4) is 0 Å². The van der Waals surface area contributed by atoms with Crippen molar-refractivity contribution in [3.63, 3.8) is 0 Å². The fourth-order valence-electron chi connectivity index (χ4n) is 0.713. The summed E-state index contributed by atoms with van der Waals surface area (Å²) in [6.45, 7) is 7.18. The molecule has 0 aromatic carbocycles. The molecule has 0 spiro atoms. The average molecular weight is 153 g/mol. The number of nitrogens with two attached hydrogens (primary N) is 1. The lowest BCUT2D eigenvalue weighted by Gasteiger charge is -1.95. The highest BCUT2D eigenvalue weighted by molar-refractivity contribution is 5.15. The van der Waals surface area contributed by atoms with E-state index in [1.807, 2.05) is 0 Å². The fraction of sp³-hybridized carbons (Fsp3) is 0.600. The first-order valence-corrected chi connectivity index (χ1v) is 4.23. The predicted molar refractivity (Wildman–Crippen MR) is 51.5 cm³/mol. The van der Waals surface area contributed by atoms with Gasteiger partial charge in [0.05, 0.1) is 0 Å². The van der Waals surface area contributed by atoms with Crippen molar-refractivity contribution in [1.82, 2.24) is 0 Å². The van der Waals surface area contributed by atoms with Gasteiger partial charge in [-0.05, 0) is 33.2 Å². The Morgan fingerprint density at radius 1 is 1.18 bits per heavy atom. The second-order valence-corrected chi connectivity index (χ2v) is 2.92. The highest BCUT2D eigenvalue weighted by Gasteiger charge is 1.84. The molecule has 0 rings (SSSR count). The summed E-state index contributed by atoms with van der Waals surface area (Å²) < 4.78 is 0. The molecular formula is C10H19N. The van der Waals surface area contributed by atoms with E-state index in [4.69, 9.17) is 5.73 Å². The third-order valence-corrected chi connectivity index (χ3v) is 1.75. The normalized spacial score (nSPS) is 13.8. The van der Waals surface area contributed by atoms with Crippen LogP contribution in [-0.2, 0) is 0 Å². The Balaban J connectivity index is 3.89. The molecule has 0 heterocycles. The molecule has 0 saturated heterocycles. The second kappa shape index (κ2) is 6.17. The van der Waals surface area contributed by atoms with Crippen LogP contribution in [0.1, 0.15) is 33.6 Å². The number of allylic oxidation sites excluding steroid dienone is 3. The largest absolute Gasteiger partial charge is 0.330 e. The van der Waals surface area contributed by atoms with Crippen LogP contribution in [0.5, 0.6) is 0 Å². The summed E-state index contributed by atoms with van der Waals surface area (Å²) in [5, 5.41) is 0. The lowest BCUT2D eigenvalue weighted by molar-refractivity contribution is 0.949. The molecule has 0 aromatic rings. The Bertz CT molecular complexity index is 154. The lowest BCUT2D eigenvalue weighted by atomic mass is 10.1. The molecule has 0 radical (unpaired) electrons. The minimum Gasteiger partial charge on any atom is -0.330 e. The van der Waals surface area contributed by atoms with Crippen molar-refractivity contribution in [2.45, 2.75) is 33.6 Å². The van der Waals surface area contributed by atoms with E-state index in [0.717, 1.165) is 19.4 Å². The molecule has 0 amide bonds. The maximum atomic E-state index is 5.41. The topological polar surface area (TPSA) is 26.0 Å². The quantitative estimate of drug-likeness (QED) is 0.617. The lowest BCUT2D eigenvalue weighted by Crippen LogP contribution is -1.98. The SMILES string of the molecule is CC/C(C)=C/C=C(\C)CCN. The third kappa shape index (κ3) is 5.86. The Kier molecular flexibility index (Phi) is 5.86. The molecule has 0 unspecified atom stereocenters. The van der Waals surface area contributed by atoms with Crippen LogP contribution in [0, 0.1) is 0 Å². The van der Waals surface area contributed by atoms with Crippen molar-refractivity contribution in [3.8, 4) is 0 Å². The van der Waals surface area contributed by atoms with Crippen LogP contribution < -0.4 is 5.73 Å². The maximum Gasteiger partial charge on any atom is -0.00399 e. The van der Waals surface area contributed by atoms with Crippen molar-refractivity contribution < 1.29 is 0 Å². The Morgan fingerprint density at radius 3 is 2.18 bits per heavy atom. The van der Waals surface area contributed by atoms with Crippen molar-refractivity contribution in [2.75, 3.05) is 6.54 Å². The number of hydrogen-bond acceptors (Lipinski definition) is 1. The van der Waals surface area contributed by atoms with Gasteiger partial charge in [-0.25, -0.2) is 0 Å². The van der Waals surface area contributed by atoms with E-state index in [2.05, 4.69) is 32.9 Å². The molecular weight excluding hydrogens is 134 g/mol. The van der Waals surface area contributed by atoms with Crippen molar-refractivity contribution in [1.29, 1.82) is 0 Å². The molecule has 1 nitrogen and oxygen atoms in total. The van der Waals surface area contributed by atoms with Crippen LogP contribution in [-0.4, -0.2) is 6.54 Å². The van der Waals surface area contributed by atoms with E-state index >= 15 is 0 Å². The summed E-state index contributed by atoms with van der Waals surface area (Å²) >= 11 is 0. The molecule has 0 saturated carbocycles. The third-order valence-electron chi connectivity index (χ3n) is 1.75. The molecule has 0 aliphatic heterocycles. The van der Waals surface area contributed by atoms with Crippen LogP contribution in [0.25, 0.3) is 0 Å². The zero-order chi connectivity index (χ0) is 8.69. The van der Waals surface area contributed by atoms with Crippen molar-refractivity contribution >= 4 is 0 Å². The first kappa shape index (κ1) is 10.4. The first-order chi connectivity index (χ1) is 5.20. The summed E-state index contributed by atoms with van der Waals surface area (Å²) in [6.07, 6.45) is 6.47. The summed E-state index contributed by atoms with van der Waals surface area (Å²) in [4.78, 5) is 0. The van der Waals surface area contributed by atoms with Gasteiger partial charge in [0.25, 0.3) is 0 Å². The van der Waals surface area contributed by atoms with Gasteiger partial charge in [-0.1, -0.05) is 30.2 Å². The molecule has 2 N–H and O–H groups in total. The van der Waals surface area contributed by atoms with Crippen LogP contribution in [0.15, 0.2) is 23.3 Å². The fourth-order valence-corrected chi connectivity index (χ4v) is 0.713. The molecule has 0 aliphatic rings. The van der Waals surface area contributed by atoms with Crippen LogP contribution in [0.2, 0.25) is 0 Å². The van der Waals surface area contributed by atoms with Gasteiger partial charge in [0.2, 0.25) is 0 Å². The minimum absolute atomic E-state index is 0.751. The van der Waals surface area contributed by atoms with Gasteiger partial charge in [0, 0.05) is 0 Å². The zero-order valence-corrected chi connectivity index (χ0v) is 7.85. The van der Waals surface area contributed by atoms with Gasteiger partial charge < -0.3 is 5.73 Å². The first-order valence-electron chi connectivity index (χ1n) is 4.23. The molecule has 64 valence electrons. The van der Waals surface area contributed by atoms with E-state index in [1.165, 1.54) is 11.1 Å². The van der Waals surface area contributed by atoms with Gasteiger partial charge >= 0.3 is 0 Å². The van der Waals surface area contributed by atoms with Gasteiger partial charge in [0.1, 0.15) is 0 Å². The van der Waals surface area contributed by atoms with Gasteiger partial charge in [0.15, 0.2) is 0 Å². The van der Waals surface area contributed by atoms with Gasteiger partial charge in [-0.3, -0.25) is 0 Å². The summed E-state index contributed by atoms with van der Waals surface area (Å²) in [5.41, 5.74) is 8.19. The van der Waals surface area contributed by atoms with Crippen molar-refractivity contribution in [2.24, 2.45) is 5.73 Å². The summed E-state index contributed by atoms with van der Waals surface area (Å²) in [6, 6.07) is 0. The molecule has 0 fully saturated rings. The van der Waals surface area contributed by atoms with E-state index in [1.54, 1.807) is 0 Å². The Labute approximate surface area is 70.0 Å². The Morgan fingerprint density at radius 2 is 1.73 bits per heavy atom. The minimum atomic E-state index is 0.751. The summed E-state index contributed by atoms with van der Waals surface area (Å²) in [7, 11) is 0. The van der Waals surface area contributed by atoms with Crippen LogP contribution >= 0.6 is 0 Å². The maximum absolute atomic E-state index is 5.41. The highest BCUT2D eigenvalue weighted by Crippen LogP contribution is 2.02. The standard InChI is InChI=1S/C10H19N/c1-4-9(2)5-6-10(3)7-8-11/h5-6H,4,7-8,11H2,1-3H3/b9-5+,10-6+. The van der Waals surface area contributed by atoms with E-state index in [0.29, 0.717) is 0 Å². The average Bonchev–Trinajstić information content (AvgIpc) is 2.01. The van der Waals surface area contributed by atoms with Crippen molar-refractivity contribution in [3.05, 3.63) is 23.3 Å². The monoisotopic (exact) mass is 153 g/mol. The second-order valence-electron chi connectivity index (χ2n) is 2.92. The molecule has 0 atom stereocenters. The number of hydrogen-bond donors (Lipinski definition) is 1. The molecule has 1 heteroatoms. The predicted octanol–water partition coefficient (Wildman–Crippen LogP) is 2.64. The van der Waals surface area contributed by atoms with E-state index in [-0.39, 0.29) is 0 Å². The summed E-state index contributed by atoms with van der Waals surface area (Å²) in [5.74, 6) is 0. The van der Waals surface area contributed by atoms with E-state index in [9.17, 15) is 0 Å². The molecule has 0 bridgehead atoms. The number of rotatable bonds is 4. The van der Waals surface area contributed by atoms with Gasteiger partial charge in [-0.15, -0.1) is 0 Å². The molecule has 0 aromatic heterocycles.